The molecule has 0 aliphatic carbocycles. The Bertz CT molecular complexity index is 946. The highest BCUT2D eigenvalue weighted by Crippen LogP contribution is 2.22. The predicted molar refractivity (Wildman–Crippen MR) is 112 cm³/mol. The number of aromatic nitrogens is 2. The lowest BCUT2D eigenvalue weighted by Gasteiger charge is -2.08. The van der Waals surface area contributed by atoms with Crippen molar-refractivity contribution >= 4 is 45.5 Å². The molecule has 0 spiro atoms. The number of aryl methyl sites for hydroxylation is 1. The van der Waals surface area contributed by atoms with E-state index in [-0.39, 0.29) is 0 Å². The number of hydrazone groups is 1. The molecule has 0 saturated carbocycles. The first kappa shape index (κ1) is 18.4. The number of nitrogens with one attached hydrogen (secondary N) is 3. The van der Waals surface area contributed by atoms with Gasteiger partial charge in [-0.25, -0.2) is 0 Å². The zero-order valence-electron chi connectivity index (χ0n) is 14.6. The summed E-state index contributed by atoms with van der Waals surface area (Å²) in [5.41, 5.74) is 7.85. The Labute approximate surface area is 162 Å². The summed E-state index contributed by atoms with van der Waals surface area (Å²) in [7, 11) is 0. The topological polar surface area (TPSA) is 65.1 Å². The molecule has 0 aliphatic heterocycles. The molecule has 0 bridgehead atoms. The van der Waals surface area contributed by atoms with Crippen LogP contribution in [0.1, 0.15) is 23.7 Å². The number of rotatable bonds is 5. The average molecular weight is 386 g/mol. The van der Waals surface area contributed by atoms with E-state index in [1.807, 2.05) is 56.6 Å². The van der Waals surface area contributed by atoms with Crippen LogP contribution < -0.4 is 10.7 Å². The summed E-state index contributed by atoms with van der Waals surface area (Å²) in [4.78, 5) is 7.59. The van der Waals surface area contributed by atoms with Crippen LogP contribution in [-0.2, 0) is 6.42 Å². The maximum Gasteiger partial charge on any atom is 0.186 e. The number of thiocarbonyl (C=S) groups is 1. The van der Waals surface area contributed by atoms with Gasteiger partial charge in [-0.1, -0.05) is 17.7 Å². The van der Waals surface area contributed by atoms with Gasteiger partial charge in [-0.3, -0.25) is 10.4 Å². The first-order valence-corrected chi connectivity index (χ1v) is 9.08. The zero-order valence-corrected chi connectivity index (χ0v) is 16.2. The number of pyridine rings is 1. The minimum atomic E-state index is 0.481. The molecule has 3 rings (SSSR count). The molecule has 0 atom stereocenters. The van der Waals surface area contributed by atoms with Crippen LogP contribution in [0.4, 0.5) is 0 Å². The van der Waals surface area contributed by atoms with Gasteiger partial charge in [0.1, 0.15) is 0 Å². The molecule has 2 aromatic heterocycles. The highest BCUT2D eigenvalue weighted by Gasteiger charge is 2.05. The van der Waals surface area contributed by atoms with Crippen LogP contribution in [0.2, 0.25) is 5.02 Å². The number of aromatic amines is 1. The van der Waals surface area contributed by atoms with E-state index < -0.39 is 0 Å². The Balaban J connectivity index is 1.51. The second-order valence-corrected chi connectivity index (χ2v) is 6.88. The van der Waals surface area contributed by atoms with Gasteiger partial charge in [-0.05, 0) is 67.9 Å². The number of hydrogen-bond acceptors (Lipinski definition) is 3. The van der Waals surface area contributed by atoms with E-state index in [9.17, 15) is 0 Å². The van der Waals surface area contributed by atoms with Crippen molar-refractivity contribution in [1.29, 1.82) is 0 Å². The van der Waals surface area contributed by atoms with E-state index in [1.165, 1.54) is 5.56 Å². The molecule has 3 aromatic rings. The number of hydrogen-bond donors (Lipinski definition) is 3. The van der Waals surface area contributed by atoms with Crippen LogP contribution in [-0.4, -0.2) is 27.3 Å². The van der Waals surface area contributed by atoms with Crippen molar-refractivity contribution in [2.45, 2.75) is 20.3 Å². The zero-order chi connectivity index (χ0) is 18.5. The highest BCUT2D eigenvalue weighted by atomic mass is 35.5. The Morgan fingerprint density at radius 1 is 1.31 bits per heavy atom. The van der Waals surface area contributed by atoms with E-state index in [0.717, 1.165) is 39.3 Å². The standard InChI is InChI=1S/C19H20ClN5S/c1-12-3-5-17(22-10-12)13(2)24-25-19(26)21-8-7-14-11-23-18-6-4-15(20)9-16(14)18/h3-6,9-11,23H,7-8H2,1-2H3,(H2,21,25,26)/b24-13+. The van der Waals surface area contributed by atoms with E-state index in [0.29, 0.717) is 11.7 Å². The highest BCUT2D eigenvalue weighted by molar-refractivity contribution is 7.80. The van der Waals surface area contributed by atoms with Gasteiger partial charge < -0.3 is 10.3 Å². The molecule has 7 heteroatoms. The van der Waals surface area contributed by atoms with Crippen LogP contribution in [0, 0.1) is 6.92 Å². The Kier molecular flexibility index (Phi) is 5.85. The number of H-pyrrole nitrogens is 1. The van der Waals surface area contributed by atoms with Crippen molar-refractivity contribution in [3.8, 4) is 0 Å². The number of fused-ring (bicyclic) bond motifs is 1. The third-order valence-electron chi connectivity index (χ3n) is 4.02. The summed E-state index contributed by atoms with van der Waals surface area (Å²) in [6.07, 6.45) is 4.65. The van der Waals surface area contributed by atoms with Crippen molar-refractivity contribution in [2.75, 3.05) is 6.54 Å². The summed E-state index contributed by atoms with van der Waals surface area (Å²) in [5.74, 6) is 0. The fraction of sp³-hybridized carbons (Fsp3) is 0.211. The van der Waals surface area contributed by atoms with Crippen LogP contribution in [0.5, 0.6) is 0 Å². The summed E-state index contributed by atoms with van der Waals surface area (Å²) in [6.45, 7) is 4.59. The van der Waals surface area contributed by atoms with E-state index in [4.69, 9.17) is 23.8 Å². The summed E-state index contributed by atoms with van der Waals surface area (Å²) in [5, 5.41) is 9.79. The van der Waals surface area contributed by atoms with Crippen LogP contribution in [0.25, 0.3) is 10.9 Å². The lowest BCUT2D eigenvalue weighted by atomic mass is 10.1. The Hall–Kier alpha value is -2.44. The van der Waals surface area contributed by atoms with Gasteiger partial charge in [0.25, 0.3) is 0 Å². The van der Waals surface area contributed by atoms with Crippen LogP contribution in [0.15, 0.2) is 47.8 Å². The molecule has 3 N–H and O–H groups in total. The van der Waals surface area contributed by atoms with Crippen LogP contribution in [0.3, 0.4) is 0 Å². The van der Waals surface area contributed by atoms with Crippen molar-refractivity contribution in [1.82, 2.24) is 20.7 Å². The van der Waals surface area contributed by atoms with Gasteiger partial charge in [-0.2, -0.15) is 5.10 Å². The number of halogens is 1. The SMILES string of the molecule is C/C(=N\NC(=S)NCCc1c[nH]c2ccc(Cl)cc12)c1ccc(C)cn1. The van der Waals surface area contributed by atoms with Gasteiger partial charge in [0.2, 0.25) is 0 Å². The maximum atomic E-state index is 6.08. The van der Waals surface area contributed by atoms with Gasteiger partial charge in [0, 0.05) is 34.9 Å². The molecule has 0 aliphatic rings. The van der Waals surface area contributed by atoms with Gasteiger partial charge in [0.05, 0.1) is 11.4 Å². The third kappa shape index (κ3) is 4.59. The van der Waals surface area contributed by atoms with E-state index >= 15 is 0 Å². The fourth-order valence-electron chi connectivity index (χ4n) is 2.58. The molecule has 0 radical (unpaired) electrons. The minimum absolute atomic E-state index is 0.481. The van der Waals surface area contributed by atoms with Crippen molar-refractivity contribution < 1.29 is 0 Å². The van der Waals surface area contributed by atoms with Crippen molar-refractivity contribution in [3.63, 3.8) is 0 Å². The number of benzene rings is 1. The van der Waals surface area contributed by atoms with Crippen LogP contribution >= 0.6 is 23.8 Å². The molecule has 26 heavy (non-hydrogen) atoms. The smallest absolute Gasteiger partial charge is 0.186 e. The third-order valence-corrected chi connectivity index (χ3v) is 4.49. The van der Waals surface area contributed by atoms with E-state index in [2.05, 4.69) is 25.8 Å². The largest absolute Gasteiger partial charge is 0.361 e. The molecule has 0 amide bonds. The van der Waals surface area contributed by atoms with E-state index in [1.54, 1.807) is 0 Å². The molecule has 0 saturated heterocycles. The lowest BCUT2D eigenvalue weighted by Crippen LogP contribution is -2.34. The summed E-state index contributed by atoms with van der Waals surface area (Å²) in [6, 6.07) is 9.78. The molecule has 2 heterocycles. The molecule has 134 valence electrons. The monoisotopic (exact) mass is 385 g/mol. The van der Waals surface area contributed by atoms with Crippen molar-refractivity contribution in [3.05, 3.63) is 64.6 Å². The molecular weight excluding hydrogens is 366 g/mol. The first-order chi connectivity index (χ1) is 12.5. The van der Waals surface area contributed by atoms with Crippen molar-refractivity contribution in [2.24, 2.45) is 5.10 Å². The van der Waals surface area contributed by atoms with Gasteiger partial charge >= 0.3 is 0 Å². The molecule has 0 fully saturated rings. The lowest BCUT2D eigenvalue weighted by molar-refractivity contribution is 0.839. The minimum Gasteiger partial charge on any atom is -0.361 e. The summed E-state index contributed by atoms with van der Waals surface area (Å²) >= 11 is 11.4. The first-order valence-electron chi connectivity index (χ1n) is 8.29. The normalized spacial score (nSPS) is 11.6. The molecule has 0 unspecified atom stereocenters. The summed E-state index contributed by atoms with van der Waals surface area (Å²) < 4.78 is 0. The van der Waals surface area contributed by atoms with Gasteiger partial charge in [0.15, 0.2) is 5.11 Å². The second-order valence-electron chi connectivity index (χ2n) is 6.04. The number of nitrogens with zero attached hydrogens (tertiary/aromatic N) is 2. The quantitative estimate of drug-likeness (QED) is 0.353. The molecule has 1 aromatic carbocycles. The Morgan fingerprint density at radius 3 is 2.92 bits per heavy atom. The fourth-order valence-corrected chi connectivity index (χ4v) is 2.90. The average Bonchev–Trinajstić information content (AvgIpc) is 3.02. The molecular formula is C19H20ClN5S. The maximum absolute atomic E-state index is 6.08. The van der Waals surface area contributed by atoms with Gasteiger partial charge in [-0.15, -0.1) is 0 Å². The Morgan fingerprint density at radius 2 is 2.15 bits per heavy atom. The predicted octanol–water partition coefficient (Wildman–Crippen LogP) is 3.96. The second kappa shape index (κ2) is 8.29. The molecule has 5 nitrogen and oxygen atoms in total.